The summed E-state index contributed by atoms with van der Waals surface area (Å²) < 4.78 is 32.2. The molecule has 6 nitrogen and oxygen atoms in total. The van der Waals surface area contributed by atoms with Crippen LogP contribution in [0.4, 0.5) is 0 Å². The van der Waals surface area contributed by atoms with E-state index in [9.17, 15) is 13.2 Å². The topological polar surface area (TPSA) is 84.5 Å². The molecule has 0 saturated carbocycles. The molecule has 0 amide bonds. The summed E-state index contributed by atoms with van der Waals surface area (Å²) in [5, 5.41) is 3.22. The van der Waals surface area contributed by atoms with Crippen LogP contribution in [0.15, 0.2) is 23.1 Å². The molecular formula is C14H20Cl2N2O4S. The molecule has 9 heteroatoms. The van der Waals surface area contributed by atoms with Gasteiger partial charge in [0.1, 0.15) is 4.90 Å². The Kier molecular flexibility index (Phi) is 7.29. The molecule has 0 spiro atoms. The number of benzene rings is 1. The number of esters is 1. The first kappa shape index (κ1) is 20.2. The van der Waals surface area contributed by atoms with Crippen molar-refractivity contribution in [3.8, 4) is 0 Å². The smallest absolute Gasteiger partial charge is 0.337 e. The van der Waals surface area contributed by atoms with Gasteiger partial charge in [0.2, 0.25) is 10.0 Å². The molecule has 23 heavy (non-hydrogen) atoms. The van der Waals surface area contributed by atoms with Gasteiger partial charge in [-0.15, -0.1) is 12.4 Å². The average Bonchev–Trinajstić information content (AvgIpc) is 2.48. The fourth-order valence-electron chi connectivity index (χ4n) is 2.43. The lowest BCUT2D eigenvalue weighted by molar-refractivity contribution is 0.0600. The zero-order valence-electron chi connectivity index (χ0n) is 12.8. The van der Waals surface area contributed by atoms with Crippen molar-refractivity contribution >= 4 is 40.0 Å². The van der Waals surface area contributed by atoms with Crippen molar-refractivity contribution in [2.75, 3.05) is 13.7 Å². The number of piperidine rings is 1. The third-order valence-electron chi connectivity index (χ3n) is 3.71. The molecule has 0 bridgehead atoms. The van der Waals surface area contributed by atoms with Crippen LogP contribution in [0.25, 0.3) is 0 Å². The number of carbonyl (C=O) groups is 1. The van der Waals surface area contributed by atoms with Gasteiger partial charge in [-0.3, -0.25) is 0 Å². The summed E-state index contributed by atoms with van der Waals surface area (Å²) in [4.78, 5) is 11.4. The second-order valence-corrected chi connectivity index (χ2v) is 7.34. The summed E-state index contributed by atoms with van der Waals surface area (Å²) in [6.45, 7) is 2.82. The maximum absolute atomic E-state index is 12.5. The third kappa shape index (κ3) is 4.81. The van der Waals surface area contributed by atoms with E-state index in [1.807, 2.05) is 6.92 Å². The van der Waals surface area contributed by atoms with Crippen LogP contribution in [-0.4, -0.2) is 40.1 Å². The Bertz CT molecular complexity index is 667. The van der Waals surface area contributed by atoms with Gasteiger partial charge in [0, 0.05) is 12.1 Å². The second-order valence-electron chi connectivity index (χ2n) is 5.25. The molecule has 2 N–H and O–H groups in total. The third-order valence-corrected chi connectivity index (χ3v) is 5.68. The molecule has 1 aliphatic rings. The summed E-state index contributed by atoms with van der Waals surface area (Å²) in [7, 11) is -2.50. The zero-order chi connectivity index (χ0) is 16.3. The Balaban J connectivity index is 0.00000264. The molecule has 2 rings (SSSR count). The highest BCUT2D eigenvalue weighted by molar-refractivity contribution is 7.89. The van der Waals surface area contributed by atoms with Gasteiger partial charge in [-0.1, -0.05) is 11.6 Å². The fourth-order valence-corrected chi connectivity index (χ4v) is 4.33. The fraction of sp³-hybridized carbons (Fsp3) is 0.500. The van der Waals surface area contributed by atoms with Crippen molar-refractivity contribution in [1.82, 2.24) is 10.0 Å². The predicted octanol–water partition coefficient (Wildman–Crippen LogP) is 1.97. The summed E-state index contributed by atoms with van der Waals surface area (Å²) in [5.41, 5.74) is 0.208. The van der Waals surface area contributed by atoms with Crippen LogP contribution in [0.5, 0.6) is 0 Å². The van der Waals surface area contributed by atoms with E-state index in [1.165, 1.54) is 25.3 Å². The normalized spacial score (nSPS) is 21.3. The van der Waals surface area contributed by atoms with Crippen LogP contribution in [0.2, 0.25) is 5.02 Å². The lowest BCUT2D eigenvalue weighted by atomic mass is 10.0. The van der Waals surface area contributed by atoms with E-state index in [4.69, 9.17) is 11.6 Å². The first-order chi connectivity index (χ1) is 10.3. The van der Waals surface area contributed by atoms with E-state index in [0.717, 1.165) is 19.4 Å². The largest absolute Gasteiger partial charge is 0.465 e. The van der Waals surface area contributed by atoms with Crippen LogP contribution in [-0.2, 0) is 14.8 Å². The number of halogens is 2. The van der Waals surface area contributed by atoms with Gasteiger partial charge < -0.3 is 10.1 Å². The molecule has 2 atom stereocenters. The summed E-state index contributed by atoms with van der Waals surface area (Å²) >= 11 is 6.03. The highest BCUT2D eigenvalue weighted by Crippen LogP contribution is 2.24. The van der Waals surface area contributed by atoms with Gasteiger partial charge in [0.15, 0.2) is 0 Å². The van der Waals surface area contributed by atoms with Crippen molar-refractivity contribution in [3.05, 3.63) is 28.8 Å². The molecular weight excluding hydrogens is 363 g/mol. The van der Waals surface area contributed by atoms with Gasteiger partial charge >= 0.3 is 5.97 Å². The highest BCUT2D eigenvalue weighted by Gasteiger charge is 2.28. The molecule has 0 aromatic heterocycles. The Morgan fingerprint density at radius 3 is 2.70 bits per heavy atom. The average molecular weight is 383 g/mol. The minimum atomic E-state index is -3.75. The molecule has 2 unspecified atom stereocenters. The standard InChI is InChI=1S/C14H19ClN2O4S.ClH/c1-9-12(4-3-7-16-9)17-22(19,20)13-6-5-10(8-11(13)15)14(18)21-2;/h5-6,8-9,12,16-17H,3-4,7H2,1-2H3;1H. The Morgan fingerprint density at radius 2 is 2.13 bits per heavy atom. The van der Waals surface area contributed by atoms with E-state index in [-0.39, 0.29) is 40.0 Å². The first-order valence-corrected chi connectivity index (χ1v) is 8.85. The maximum Gasteiger partial charge on any atom is 0.337 e. The number of ether oxygens (including phenoxy) is 1. The Labute approximate surface area is 147 Å². The zero-order valence-corrected chi connectivity index (χ0v) is 15.2. The van der Waals surface area contributed by atoms with E-state index in [0.29, 0.717) is 0 Å². The van der Waals surface area contributed by atoms with Crippen molar-refractivity contribution in [3.63, 3.8) is 0 Å². The van der Waals surface area contributed by atoms with Crippen molar-refractivity contribution < 1.29 is 17.9 Å². The van der Waals surface area contributed by atoms with Gasteiger partial charge in [-0.25, -0.2) is 17.9 Å². The molecule has 1 saturated heterocycles. The van der Waals surface area contributed by atoms with Gasteiger partial charge in [0.25, 0.3) is 0 Å². The Hall–Kier alpha value is -0.860. The van der Waals surface area contributed by atoms with E-state index in [1.54, 1.807) is 0 Å². The van der Waals surface area contributed by atoms with Crippen LogP contribution in [0.1, 0.15) is 30.1 Å². The van der Waals surface area contributed by atoms with Gasteiger partial charge in [-0.2, -0.15) is 0 Å². The molecule has 1 heterocycles. The number of methoxy groups -OCH3 is 1. The van der Waals surface area contributed by atoms with Gasteiger partial charge in [0.05, 0.1) is 17.7 Å². The van der Waals surface area contributed by atoms with E-state index in [2.05, 4.69) is 14.8 Å². The summed E-state index contributed by atoms with van der Waals surface area (Å²) in [5.74, 6) is -0.566. The molecule has 1 aromatic rings. The van der Waals surface area contributed by atoms with Crippen molar-refractivity contribution in [1.29, 1.82) is 0 Å². The first-order valence-electron chi connectivity index (χ1n) is 6.98. The number of nitrogens with one attached hydrogen (secondary N) is 2. The minimum absolute atomic E-state index is 0. The van der Waals surface area contributed by atoms with Crippen molar-refractivity contribution in [2.45, 2.75) is 36.7 Å². The molecule has 130 valence electrons. The van der Waals surface area contributed by atoms with E-state index < -0.39 is 16.0 Å². The van der Waals surface area contributed by atoms with Crippen LogP contribution < -0.4 is 10.0 Å². The van der Waals surface area contributed by atoms with Gasteiger partial charge in [-0.05, 0) is 44.5 Å². The molecule has 1 aromatic carbocycles. The summed E-state index contributed by atoms with van der Waals surface area (Å²) in [6, 6.07) is 3.86. The molecule has 1 aliphatic heterocycles. The number of hydrogen-bond donors (Lipinski definition) is 2. The number of sulfonamides is 1. The number of carbonyl (C=O) groups excluding carboxylic acids is 1. The second kappa shape index (κ2) is 8.30. The van der Waals surface area contributed by atoms with Crippen LogP contribution in [0, 0.1) is 0 Å². The SMILES string of the molecule is COC(=O)c1ccc(S(=O)(=O)NC2CCCNC2C)c(Cl)c1.Cl. The lowest BCUT2D eigenvalue weighted by Gasteiger charge is -2.30. The van der Waals surface area contributed by atoms with Crippen LogP contribution in [0.3, 0.4) is 0 Å². The quantitative estimate of drug-likeness (QED) is 0.777. The molecule has 1 fully saturated rings. The highest BCUT2D eigenvalue weighted by atomic mass is 35.5. The molecule has 0 aliphatic carbocycles. The van der Waals surface area contributed by atoms with E-state index >= 15 is 0 Å². The summed E-state index contributed by atoms with van der Waals surface area (Å²) in [6.07, 6.45) is 1.68. The maximum atomic E-state index is 12.5. The number of rotatable bonds is 4. The minimum Gasteiger partial charge on any atom is -0.465 e. The Morgan fingerprint density at radius 1 is 1.43 bits per heavy atom. The lowest BCUT2D eigenvalue weighted by Crippen LogP contribution is -2.51. The monoisotopic (exact) mass is 382 g/mol. The molecule has 0 radical (unpaired) electrons. The predicted molar refractivity (Wildman–Crippen MR) is 90.8 cm³/mol. The van der Waals surface area contributed by atoms with Crippen molar-refractivity contribution in [2.24, 2.45) is 0 Å². The number of hydrogen-bond acceptors (Lipinski definition) is 5. The van der Waals surface area contributed by atoms with Crippen LogP contribution >= 0.6 is 24.0 Å².